The van der Waals surface area contributed by atoms with Crippen LogP contribution in [0, 0.1) is 0 Å². The molecule has 4 aromatic carbocycles. The summed E-state index contributed by atoms with van der Waals surface area (Å²) in [6.07, 6.45) is 0.666. The molecule has 0 atom stereocenters. The first kappa shape index (κ1) is 46.6. The van der Waals surface area contributed by atoms with Crippen molar-refractivity contribution in [3.8, 4) is 0 Å². The number of halogens is 9. The predicted octanol–water partition coefficient (Wildman–Crippen LogP) is 10.0. The van der Waals surface area contributed by atoms with Gasteiger partial charge in [0.2, 0.25) is 0 Å². The first-order valence-corrected chi connectivity index (χ1v) is 18.2. The van der Waals surface area contributed by atoms with E-state index in [4.69, 9.17) is 110 Å². The predicted molar refractivity (Wildman–Crippen MR) is 217 cm³/mol. The van der Waals surface area contributed by atoms with Crippen molar-refractivity contribution in [1.82, 2.24) is 0 Å². The van der Waals surface area contributed by atoms with Crippen LogP contribution >= 0.6 is 81.2 Å². The number of hydrogen-bond donors (Lipinski definition) is 0. The summed E-state index contributed by atoms with van der Waals surface area (Å²) < 4.78 is 62.7. The fraction of sp³-hybridized carbons (Fsp3) is 0.0625. The molecule has 0 saturated carbocycles. The van der Waals surface area contributed by atoms with Crippen molar-refractivity contribution >= 4 is 130 Å². The van der Waals surface area contributed by atoms with Crippen molar-refractivity contribution in [1.29, 1.82) is 0 Å². The summed E-state index contributed by atoms with van der Waals surface area (Å²) in [7, 11) is -9.02. The summed E-state index contributed by atoms with van der Waals surface area (Å²) in [6.45, 7) is 0. The molecule has 0 aromatic heterocycles. The second kappa shape index (κ2) is 23.5. The normalized spacial score (nSPS) is 24.6. The van der Waals surface area contributed by atoms with E-state index in [0.717, 1.165) is 0 Å². The molecule has 0 amide bonds. The molecule has 0 aliphatic carbocycles. The second-order valence-electron chi connectivity index (χ2n) is 10.1. The van der Waals surface area contributed by atoms with Crippen LogP contribution in [0.4, 0.5) is 8.63 Å². The quantitative estimate of drug-likeness (QED) is 0.148. The van der Waals surface area contributed by atoms with Crippen molar-refractivity contribution in [2.45, 2.75) is 8.59 Å². The first-order valence-electron chi connectivity index (χ1n) is 15.3. The van der Waals surface area contributed by atoms with Crippen LogP contribution in [0.2, 0.25) is 0 Å². The van der Waals surface area contributed by atoms with Gasteiger partial charge in [-0.1, -0.05) is 203 Å². The molecule has 0 unspecified atom stereocenters. The van der Waals surface area contributed by atoms with E-state index in [0.29, 0.717) is 28.5 Å². The number of fused-ring (bicyclic) bond motifs is 9. The third-order valence-corrected chi connectivity index (χ3v) is 6.50. The zero-order valence-corrected chi connectivity index (χ0v) is 34.1. The average molecular weight is 954 g/mol. The van der Waals surface area contributed by atoms with E-state index in [9.17, 15) is 0 Å². The van der Waals surface area contributed by atoms with E-state index in [1.54, 1.807) is 121 Å². The molecule has 0 spiro atoms. The Labute approximate surface area is 364 Å². The maximum absolute atomic E-state index is 16.6. The molecule has 4 aromatic rings. The molecule has 3 aliphatic rings. The molecule has 295 valence electrons. The van der Waals surface area contributed by atoms with Gasteiger partial charge < -0.3 is 37.2 Å². The van der Waals surface area contributed by atoms with Crippen molar-refractivity contribution < 1.29 is 53.9 Å². The van der Waals surface area contributed by atoms with Crippen LogP contribution in [-0.4, -0.2) is 56.9 Å². The molecule has 12 nitrogen and oxygen atoms in total. The molecule has 0 saturated heterocycles. The van der Waals surface area contributed by atoms with Crippen molar-refractivity contribution in [2.75, 3.05) is 0 Å². The standard InChI is InChI=1S/C30H21B2ClF2N6O6.2CHCl3.Co/c33-26-21-36-42-31(34)44-38-27(22-13-5-1-6-14-22)29(24-17-9-3-10-18-24)40-46-32(35,43-37-26)47-41-30(25-19-11-4-12-20-25)28(39-45-31)23-15-7-2-8-16-23;2*2-1(3)4;/h1-21H;2*1H;/q-2;;;+2/b36-21+,37-26-,38-27+,39-28+,40-29+,41-30+;;;. The summed E-state index contributed by atoms with van der Waals surface area (Å²) in [5.74, 6) is 0. The average Bonchev–Trinajstić information content (AvgIpc) is 3.17. The molecule has 56 heavy (non-hydrogen) atoms. The zero-order chi connectivity index (χ0) is 39.7. The van der Waals surface area contributed by atoms with E-state index in [-0.39, 0.29) is 39.6 Å². The van der Waals surface area contributed by atoms with Gasteiger partial charge in [0, 0.05) is 22.3 Å². The summed E-state index contributed by atoms with van der Waals surface area (Å²) >= 11 is 34.8. The Balaban J connectivity index is 0.000000855. The van der Waals surface area contributed by atoms with E-state index < -0.39 is 27.8 Å². The van der Waals surface area contributed by atoms with Gasteiger partial charge in [-0.15, -0.1) is 30.9 Å². The van der Waals surface area contributed by atoms with Crippen LogP contribution in [0.25, 0.3) is 0 Å². The molecule has 2 bridgehead atoms. The SMILES string of the molecule is ClC(Cl)Cl.ClC(Cl)Cl.F[B-]12O/N=C(Cl)/C=N/O[B-](F)(O/N=C(c3ccccc3)/C(c3ccccc3)=N/O1)O/N=C(c1ccccc1)/C(c1ccccc1)=N/O2.[Co+2]. The van der Waals surface area contributed by atoms with Crippen LogP contribution in [0.1, 0.15) is 22.3 Å². The summed E-state index contributed by atoms with van der Waals surface area (Å²) in [5, 5.41) is 22.2. The van der Waals surface area contributed by atoms with Crippen LogP contribution in [-0.2, 0) is 45.3 Å². The fourth-order valence-electron chi connectivity index (χ4n) is 4.18. The third-order valence-electron chi connectivity index (χ3n) is 6.33. The molecule has 24 heteroatoms. The van der Waals surface area contributed by atoms with Crippen molar-refractivity contribution in [3.63, 3.8) is 0 Å². The molecule has 3 heterocycles. The number of nitrogens with zero attached hydrogens (tertiary/aromatic N) is 6. The van der Waals surface area contributed by atoms with E-state index in [2.05, 4.69) is 30.9 Å². The molecular formula is C32H23B2Cl7CoF2N6O6. The second-order valence-corrected chi connectivity index (χ2v) is 14.5. The Hall–Kier alpha value is -3.77. The van der Waals surface area contributed by atoms with Gasteiger partial charge in [-0.25, -0.2) is 0 Å². The first-order chi connectivity index (χ1) is 26.4. The van der Waals surface area contributed by atoms with Gasteiger partial charge in [0.25, 0.3) is 0 Å². The Morgan fingerprint density at radius 3 is 0.911 bits per heavy atom. The smallest absolute Gasteiger partial charge is 0.510 e. The number of alkyl halides is 6. The van der Waals surface area contributed by atoms with Crippen LogP contribution < -0.4 is 0 Å². The van der Waals surface area contributed by atoms with Crippen molar-refractivity contribution in [2.24, 2.45) is 30.9 Å². The minimum Gasteiger partial charge on any atom is -0.510 e. The topological polar surface area (TPSA) is 130 Å². The van der Waals surface area contributed by atoms with Gasteiger partial charge in [0.05, 0.1) is 0 Å². The van der Waals surface area contributed by atoms with Gasteiger partial charge in [-0.05, 0) is 0 Å². The summed E-state index contributed by atoms with van der Waals surface area (Å²) in [6, 6.07) is 33.3. The van der Waals surface area contributed by atoms with Crippen LogP contribution in [0.3, 0.4) is 0 Å². The van der Waals surface area contributed by atoms with E-state index in [1.165, 1.54) is 0 Å². The van der Waals surface area contributed by atoms with Gasteiger partial charge in [0.1, 0.15) is 29.1 Å². The van der Waals surface area contributed by atoms with Crippen LogP contribution in [0.5, 0.6) is 0 Å². The third kappa shape index (κ3) is 15.3. The molecule has 7 rings (SSSR count). The Morgan fingerprint density at radius 1 is 0.411 bits per heavy atom. The zero-order valence-electron chi connectivity index (χ0n) is 27.8. The summed E-state index contributed by atoms with van der Waals surface area (Å²) in [4.78, 5) is 0. The molecule has 0 N–H and O–H groups in total. The summed E-state index contributed by atoms with van der Waals surface area (Å²) in [5.41, 5.74) is 0.769. The monoisotopic (exact) mass is 951 g/mol. The molecule has 3 aliphatic heterocycles. The minimum atomic E-state index is -4.52. The van der Waals surface area contributed by atoms with Gasteiger partial charge >= 0.3 is 30.8 Å². The fourth-order valence-corrected chi connectivity index (χ4v) is 4.26. The molecular weight excluding hydrogens is 931 g/mol. The van der Waals surface area contributed by atoms with Gasteiger partial charge in [-0.2, -0.15) is 0 Å². The van der Waals surface area contributed by atoms with E-state index >= 15 is 8.63 Å². The largest absolute Gasteiger partial charge is 2.00 e. The van der Waals surface area contributed by atoms with Gasteiger partial charge in [0.15, 0.2) is 13.8 Å². The Bertz CT molecular complexity index is 1890. The van der Waals surface area contributed by atoms with Crippen LogP contribution in [0.15, 0.2) is 152 Å². The maximum atomic E-state index is 16.6. The number of rotatable bonds is 4. The maximum Gasteiger partial charge on any atom is 2.00 e. The number of hydrogen-bond acceptors (Lipinski definition) is 12. The number of oxime groups is 6. The van der Waals surface area contributed by atoms with Gasteiger partial charge in [-0.3, -0.25) is 0 Å². The Morgan fingerprint density at radius 2 is 0.643 bits per heavy atom. The molecule has 0 fully saturated rings. The Kier molecular flexibility index (Phi) is 19.5. The van der Waals surface area contributed by atoms with Crippen molar-refractivity contribution in [3.05, 3.63) is 144 Å². The minimum absolute atomic E-state index is 0. The van der Waals surface area contributed by atoms with E-state index in [1.807, 2.05) is 0 Å². The number of benzene rings is 4. The molecule has 1 radical (unpaired) electrons.